The first-order valence-corrected chi connectivity index (χ1v) is 6.50. The minimum atomic E-state index is -4.75. The van der Waals surface area contributed by atoms with Gasteiger partial charge in [-0.25, -0.2) is 0 Å². The Bertz CT molecular complexity index is 437. The highest BCUT2D eigenvalue weighted by atomic mass is 79.9. The van der Waals surface area contributed by atoms with Crippen LogP contribution in [0.25, 0.3) is 0 Å². The minimum absolute atomic E-state index is 0.0206. The Labute approximate surface area is 117 Å². The first-order valence-electron chi connectivity index (χ1n) is 5.59. The van der Waals surface area contributed by atoms with Crippen LogP contribution in [0.3, 0.4) is 0 Å². The lowest BCUT2D eigenvalue weighted by molar-refractivity contribution is -0.274. The number of nitrogens with one attached hydrogen (secondary N) is 1. The van der Waals surface area contributed by atoms with Gasteiger partial charge in [-0.3, -0.25) is 4.79 Å². The van der Waals surface area contributed by atoms with Crippen LogP contribution in [0.4, 0.5) is 13.2 Å². The number of carbonyl (C=O) groups is 1. The summed E-state index contributed by atoms with van der Waals surface area (Å²) >= 11 is 3.16. The fraction of sp³-hybridized carbons (Fsp3) is 0.417. The summed E-state index contributed by atoms with van der Waals surface area (Å²) in [4.78, 5) is 11.2. The number of hydrogen-bond donors (Lipinski definition) is 1. The minimum Gasteiger partial charge on any atom is -0.405 e. The Balaban J connectivity index is 2.71. The molecule has 0 fully saturated rings. The van der Waals surface area contributed by atoms with Crippen LogP contribution < -0.4 is 10.1 Å². The summed E-state index contributed by atoms with van der Waals surface area (Å²) in [6.07, 6.45) is -4.16. The molecule has 0 bridgehead atoms. The Hall–Kier alpha value is -1.24. The van der Waals surface area contributed by atoms with E-state index in [-0.39, 0.29) is 28.6 Å². The first kappa shape index (κ1) is 15.8. The van der Waals surface area contributed by atoms with E-state index in [1.54, 1.807) is 6.07 Å². The van der Waals surface area contributed by atoms with Crippen molar-refractivity contribution in [1.29, 1.82) is 0 Å². The maximum atomic E-state index is 12.2. The van der Waals surface area contributed by atoms with Crippen LogP contribution in [-0.2, 0) is 11.3 Å². The second-order valence-electron chi connectivity index (χ2n) is 3.75. The molecule has 0 heterocycles. The van der Waals surface area contributed by atoms with Crippen LogP contribution >= 0.6 is 15.9 Å². The quantitative estimate of drug-likeness (QED) is 0.835. The number of hydrogen-bond acceptors (Lipinski definition) is 2. The van der Waals surface area contributed by atoms with E-state index in [4.69, 9.17) is 0 Å². The van der Waals surface area contributed by atoms with Crippen molar-refractivity contribution in [3.8, 4) is 5.75 Å². The lowest BCUT2D eigenvalue weighted by Gasteiger charge is -2.14. The summed E-state index contributed by atoms with van der Waals surface area (Å²) in [5.74, 6) is -0.581. The second-order valence-corrected chi connectivity index (χ2v) is 4.85. The maximum absolute atomic E-state index is 12.2. The fourth-order valence-electron chi connectivity index (χ4n) is 1.35. The molecule has 19 heavy (non-hydrogen) atoms. The zero-order valence-corrected chi connectivity index (χ0v) is 11.7. The lowest BCUT2D eigenvalue weighted by atomic mass is 10.2. The predicted octanol–water partition coefficient (Wildman–Crippen LogP) is 3.37. The average molecular weight is 340 g/mol. The zero-order valence-electron chi connectivity index (χ0n) is 10.1. The van der Waals surface area contributed by atoms with E-state index in [0.29, 0.717) is 6.42 Å². The van der Waals surface area contributed by atoms with Gasteiger partial charge in [-0.15, -0.1) is 13.2 Å². The number of carbonyl (C=O) groups excluding carboxylic acids is 1. The number of ether oxygens (including phenoxy) is 1. The molecular weight excluding hydrogens is 327 g/mol. The van der Waals surface area contributed by atoms with Gasteiger partial charge in [0, 0.05) is 12.1 Å². The van der Waals surface area contributed by atoms with Crippen LogP contribution in [0.5, 0.6) is 5.75 Å². The normalized spacial score (nSPS) is 12.9. The van der Waals surface area contributed by atoms with Gasteiger partial charge >= 0.3 is 6.36 Å². The van der Waals surface area contributed by atoms with Crippen molar-refractivity contribution in [3.05, 3.63) is 29.8 Å². The monoisotopic (exact) mass is 339 g/mol. The highest BCUT2D eigenvalue weighted by molar-refractivity contribution is 9.10. The van der Waals surface area contributed by atoms with Crippen molar-refractivity contribution in [2.24, 2.45) is 0 Å². The van der Waals surface area contributed by atoms with Gasteiger partial charge in [0.2, 0.25) is 5.91 Å². The molecule has 0 aromatic heterocycles. The van der Waals surface area contributed by atoms with Gasteiger partial charge in [-0.1, -0.05) is 41.1 Å². The van der Waals surface area contributed by atoms with Gasteiger partial charge in [0.15, 0.2) is 0 Å². The summed E-state index contributed by atoms with van der Waals surface area (Å²) in [6.45, 7) is 1.80. The van der Waals surface area contributed by atoms with Gasteiger partial charge < -0.3 is 10.1 Å². The number of alkyl halides is 4. The molecule has 1 N–H and O–H groups in total. The molecular formula is C12H13BrF3NO2. The van der Waals surface area contributed by atoms with Gasteiger partial charge in [0.25, 0.3) is 0 Å². The van der Waals surface area contributed by atoms with Crippen molar-refractivity contribution in [3.63, 3.8) is 0 Å². The zero-order chi connectivity index (χ0) is 14.5. The summed E-state index contributed by atoms with van der Waals surface area (Å²) in [6, 6.07) is 5.69. The fourth-order valence-corrected chi connectivity index (χ4v) is 1.51. The Morgan fingerprint density at radius 1 is 1.42 bits per heavy atom. The highest BCUT2D eigenvalue weighted by Crippen LogP contribution is 2.26. The van der Waals surface area contributed by atoms with Crippen LogP contribution in [0.1, 0.15) is 18.9 Å². The standard InChI is InChI=1S/C12H13BrF3NO2/c1-2-9(13)11(18)17-7-8-5-3-4-6-10(8)19-12(14,15)16/h3-6,9H,2,7H2,1H3,(H,17,18). The molecule has 0 saturated carbocycles. The molecule has 0 aliphatic rings. The van der Waals surface area contributed by atoms with Gasteiger partial charge in [-0.05, 0) is 12.5 Å². The molecule has 106 valence electrons. The number of halogens is 4. The van der Waals surface area contributed by atoms with Crippen molar-refractivity contribution in [1.82, 2.24) is 5.32 Å². The Morgan fingerprint density at radius 3 is 2.63 bits per heavy atom. The van der Waals surface area contributed by atoms with E-state index in [0.717, 1.165) is 0 Å². The van der Waals surface area contributed by atoms with E-state index in [2.05, 4.69) is 26.0 Å². The molecule has 7 heteroatoms. The van der Waals surface area contributed by atoms with E-state index in [9.17, 15) is 18.0 Å². The molecule has 0 aliphatic carbocycles. The first-order chi connectivity index (χ1) is 8.83. The number of amides is 1. The van der Waals surface area contributed by atoms with Crippen LogP contribution in [0.2, 0.25) is 0 Å². The van der Waals surface area contributed by atoms with Gasteiger partial charge in [0.1, 0.15) is 5.75 Å². The molecule has 3 nitrogen and oxygen atoms in total. The van der Waals surface area contributed by atoms with Crippen molar-refractivity contribution < 1.29 is 22.7 Å². The average Bonchev–Trinajstić information content (AvgIpc) is 2.34. The molecule has 1 atom stereocenters. The summed E-state index contributed by atoms with van der Waals surface area (Å²) in [5.41, 5.74) is 0.268. The number of rotatable bonds is 5. The Kier molecular flexibility index (Phi) is 5.65. The molecule has 1 unspecified atom stereocenters. The smallest absolute Gasteiger partial charge is 0.405 e. The van der Waals surface area contributed by atoms with E-state index >= 15 is 0 Å². The number of benzene rings is 1. The summed E-state index contributed by atoms with van der Waals surface area (Å²) in [5, 5.41) is 2.54. The molecule has 0 spiro atoms. The SMILES string of the molecule is CCC(Br)C(=O)NCc1ccccc1OC(F)(F)F. The predicted molar refractivity (Wildman–Crippen MR) is 68.0 cm³/mol. The molecule has 1 aromatic rings. The van der Waals surface area contributed by atoms with E-state index in [1.165, 1.54) is 18.2 Å². The van der Waals surface area contributed by atoms with E-state index in [1.807, 2.05) is 6.92 Å². The molecule has 1 amide bonds. The van der Waals surface area contributed by atoms with Crippen molar-refractivity contribution in [2.75, 3.05) is 0 Å². The Morgan fingerprint density at radius 2 is 2.05 bits per heavy atom. The second kappa shape index (κ2) is 6.79. The lowest BCUT2D eigenvalue weighted by Crippen LogP contribution is -2.30. The van der Waals surface area contributed by atoms with Crippen LogP contribution in [-0.4, -0.2) is 17.1 Å². The van der Waals surface area contributed by atoms with Crippen LogP contribution in [0, 0.1) is 0 Å². The molecule has 0 radical (unpaired) electrons. The van der Waals surface area contributed by atoms with Crippen molar-refractivity contribution >= 4 is 21.8 Å². The number of para-hydroxylation sites is 1. The third-order valence-electron chi connectivity index (χ3n) is 2.29. The summed E-state index contributed by atoms with van der Waals surface area (Å²) < 4.78 is 40.4. The molecule has 0 saturated heterocycles. The topological polar surface area (TPSA) is 38.3 Å². The maximum Gasteiger partial charge on any atom is 0.573 e. The molecule has 1 aromatic carbocycles. The largest absolute Gasteiger partial charge is 0.573 e. The van der Waals surface area contributed by atoms with E-state index < -0.39 is 6.36 Å². The van der Waals surface area contributed by atoms with Crippen LogP contribution in [0.15, 0.2) is 24.3 Å². The van der Waals surface area contributed by atoms with Gasteiger partial charge in [-0.2, -0.15) is 0 Å². The van der Waals surface area contributed by atoms with Gasteiger partial charge in [0.05, 0.1) is 4.83 Å². The third kappa shape index (κ3) is 5.50. The van der Waals surface area contributed by atoms with Crippen molar-refractivity contribution in [2.45, 2.75) is 31.1 Å². The highest BCUT2D eigenvalue weighted by Gasteiger charge is 2.32. The molecule has 0 aliphatic heterocycles. The molecule has 1 rings (SSSR count). The third-order valence-corrected chi connectivity index (χ3v) is 3.36. The summed E-state index contributed by atoms with van der Waals surface area (Å²) in [7, 11) is 0.